The van der Waals surface area contributed by atoms with Gasteiger partial charge in [-0.15, -0.1) is 0 Å². The first kappa shape index (κ1) is 8.83. The predicted molar refractivity (Wildman–Crippen MR) is 54.0 cm³/mol. The average Bonchev–Trinajstić information content (AvgIpc) is 2.16. The van der Waals surface area contributed by atoms with Crippen LogP contribution in [0.3, 0.4) is 0 Å². The number of rotatable bonds is 3. The summed E-state index contributed by atoms with van der Waals surface area (Å²) in [7, 11) is 0. The van der Waals surface area contributed by atoms with Crippen molar-refractivity contribution in [1.82, 2.24) is 0 Å². The fourth-order valence-electron chi connectivity index (χ4n) is 1.28. The minimum Gasteiger partial charge on any atom is -0.489 e. The molecule has 2 heteroatoms. The monoisotopic (exact) mass is 185 g/mol. The Morgan fingerprint density at radius 2 is 2.00 bits per heavy atom. The zero-order chi connectivity index (χ0) is 9.80. The maximum absolute atomic E-state index is 8.59. The third-order valence-electron chi connectivity index (χ3n) is 2.31. The number of nitrogens with zero attached hydrogens (tertiary/aromatic N) is 1. The van der Waals surface area contributed by atoms with Crippen molar-refractivity contribution in [1.29, 1.82) is 5.26 Å². The summed E-state index contributed by atoms with van der Waals surface area (Å²) in [6.45, 7) is 0.686. The zero-order valence-corrected chi connectivity index (χ0v) is 7.86. The standard InChI is InChI=1S/C12H11NO/c13-8-10-4-6-12(7-5-10)14-9-11-2-1-3-11/h2,4-7H,1,3,9H2. The number of allylic oxidation sites excluding steroid dienone is 1. The van der Waals surface area contributed by atoms with E-state index < -0.39 is 0 Å². The highest BCUT2D eigenvalue weighted by Crippen LogP contribution is 2.19. The molecule has 0 aliphatic heterocycles. The molecule has 14 heavy (non-hydrogen) atoms. The van der Waals surface area contributed by atoms with Gasteiger partial charge in [-0.3, -0.25) is 0 Å². The minimum atomic E-state index is 0.667. The molecule has 1 aliphatic carbocycles. The van der Waals surface area contributed by atoms with Gasteiger partial charge in [0.1, 0.15) is 12.4 Å². The van der Waals surface area contributed by atoms with Gasteiger partial charge in [0.05, 0.1) is 11.6 Å². The highest BCUT2D eigenvalue weighted by atomic mass is 16.5. The second-order valence-electron chi connectivity index (χ2n) is 3.33. The maximum atomic E-state index is 8.59. The van der Waals surface area contributed by atoms with Crippen LogP contribution in [0.5, 0.6) is 5.75 Å². The summed E-state index contributed by atoms with van der Waals surface area (Å²) < 4.78 is 5.53. The molecule has 2 nitrogen and oxygen atoms in total. The van der Waals surface area contributed by atoms with Crippen LogP contribution in [0.4, 0.5) is 0 Å². The quantitative estimate of drug-likeness (QED) is 0.678. The summed E-state index contributed by atoms with van der Waals surface area (Å²) in [6.07, 6.45) is 4.55. The SMILES string of the molecule is N#Cc1ccc(OCC2=CCC2)cc1. The molecule has 0 amide bonds. The number of benzene rings is 1. The summed E-state index contributed by atoms with van der Waals surface area (Å²) in [4.78, 5) is 0. The maximum Gasteiger partial charge on any atom is 0.119 e. The van der Waals surface area contributed by atoms with Crippen LogP contribution in [0.1, 0.15) is 18.4 Å². The molecule has 0 radical (unpaired) electrons. The van der Waals surface area contributed by atoms with Crippen LogP contribution in [-0.2, 0) is 0 Å². The van der Waals surface area contributed by atoms with Gasteiger partial charge in [0, 0.05) is 0 Å². The van der Waals surface area contributed by atoms with Crippen molar-refractivity contribution in [3.63, 3.8) is 0 Å². The molecule has 0 N–H and O–H groups in total. The molecule has 1 aromatic rings. The number of hydrogen-bond donors (Lipinski definition) is 0. The molecule has 1 aliphatic rings. The molecule has 0 unspecified atom stereocenters. The smallest absolute Gasteiger partial charge is 0.119 e. The molecule has 0 bridgehead atoms. The molecule has 0 saturated heterocycles. The third-order valence-corrected chi connectivity index (χ3v) is 2.31. The molecule has 0 saturated carbocycles. The largest absolute Gasteiger partial charge is 0.489 e. The molecule has 0 fully saturated rings. The van der Waals surface area contributed by atoms with Crippen molar-refractivity contribution < 1.29 is 4.74 Å². The molecule has 0 heterocycles. The van der Waals surface area contributed by atoms with E-state index in [4.69, 9.17) is 10.00 Å². The van der Waals surface area contributed by atoms with Crippen molar-refractivity contribution in [2.45, 2.75) is 12.8 Å². The van der Waals surface area contributed by atoms with Crippen LogP contribution >= 0.6 is 0 Å². The van der Waals surface area contributed by atoms with Gasteiger partial charge in [0.15, 0.2) is 0 Å². The number of nitriles is 1. The van der Waals surface area contributed by atoms with Crippen LogP contribution in [-0.4, -0.2) is 6.61 Å². The Bertz CT molecular complexity index is 384. The first-order valence-corrected chi connectivity index (χ1v) is 4.69. The van der Waals surface area contributed by atoms with Crippen molar-refractivity contribution in [2.24, 2.45) is 0 Å². The lowest BCUT2D eigenvalue weighted by atomic mass is 10.0. The summed E-state index contributed by atoms with van der Waals surface area (Å²) >= 11 is 0. The van der Waals surface area contributed by atoms with Gasteiger partial charge in [0.25, 0.3) is 0 Å². The molecule has 0 atom stereocenters. The van der Waals surface area contributed by atoms with Crippen molar-refractivity contribution in [3.05, 3.63) is 41.5 Å². The fourth-order valence-corrected chi connectivity index (χ4v) is 1.28. The van der Waals surface area contributed by atoms with Crippen molar-refractivity contribution in [2.75, 3.05) is 6.61 Å². The van der Waals surface area contributed by atoms with Crippen LogP contribution in [0.2, 0.25) is 0 Å². The first-order valence-electron chi connectivity index (χ1n) is 4.69. The van der Waals surface area contributed by atoms with Gasteiger partial charge in [0.2, 0.25) is 0 Å². The Kier molecular flexibility index (Phi) is 2.51. The Morgan fingerprint density at radius 3 is 2.50 bits per heavy atom. The summed E-state index contributed by atoms with van der Waals surface area (Å²) in [6, 6.07) is 9.27. The average molecular weight is 185 g/mol. The lowest BCUT2D eigenvalue weighted by Gasteiger charge is -2.14. The molecule has 0 aromatic heterocycles. The number of ether oxygens (including phenoxy) is 1. The van der Waals surface area contributed by atoms with E-state index in [9.17, 15) is 0 Å². The summed E-state index contributed by atoms with van der Waals surface area (Å²) in [5, 5.41) is 8.59. The summed E-state index contributed by atoms with van der Waals surface area (Å²) in [5.74, 6) is 0.830. The van der Waals surface area contributed by atoms with E-state index in [0.717, 1.165) is 12.2 Å². The van der Waals surface area contributed by atoms with Gasteiger partial charge in [-0.05, 0) is 42.7 Å². The lowest BCUT2D eigenvalue weighted by Crippen LogP contribution is -2.06. The fraction of sp³-hybridized carbons (Fsp3) is 0.250. The second kappa shape index (κ2) is 3.97. The van der Waals surface area contributed by atoms with Gasteiger partial charge >= 0.3 is 0 Å². The van der Waals surface area contributed by atoms with E-state index in [-0.39, 0.29) is 0 Å². The van der Waals surface area contributed by atoms with Gasteiger partial charge in [-0.25, -0.2) is 0 Å². The third kappa shape index (κ3) is 1.94. The molecular formula is C12H11NO. The predicted octanol–water partition coefficient (Wildman–Crippen LogP) is 2.66. The molecule has 0 spiro atoms. The molecular weight excluding hydrogens is 174 g/mol. The Balaban J connectivity index is 1.93. The molecule has 2 rings (SSSR count). The van der Waals surface area contributed by atoms with E-state index in [2.05, 4.69) is 12.1 Å². The van der Waals surface area contributed by atoms with E-state index in [0.29, 0.717) is 12.2 Å². The Hall–Kier alpha value is -1.75. The highest BCUT2D eigenvalue weighted by molar-refractivity contribution is 5.34. The van der Waals surface area contributed by atoms with E-state index in [1.54, 1.807) is 12.1 Å². The van der Waals surface area contributed by atoms with Crippen molar-refractivity contribution in [3.8, 4) is 11.8 Å². The number of hydrogen-bond acceptors (Lipinski definition) is 2. The van der Waals surface area contributed by atoms with E-state index >= 15 is 0 Å². The highest BCUT2D eigenvalue weighted by Gasteiger charge is 2.05. The van der Waals surface area contributed by atoms with Crippen LogP contribution in [0, 0.1) is 11.3 Å². The topological polar surface area (TPSA) is 33.0 Å². The van der Waals surface area contributed by atoms with E-state index in [1.807, 2.05) is 12.1 Å². The Morgan fingerprint density at radius 1 is 1.29 bits per heavy atom. The van der Waals surface area contributed by atoms with Crippen LogP contribution < -0.4 is 4.74 Å². The second-order valence-corrected chi connectivity index (χ2v) is 3.33. The van der Waals surface area contributed by atoms with Gasteiger partial charge < -0.3 is 4.74 Å². The van der Waals surface area contributed by atoms with Gasteiger partial charge in [-0.2, -0.15) is 5.26 Å². The van der Waals surface area contributed by atoms with Gasteiger partial charge in [-0.1, -0.05) is 6.08 Å². The van der Waals surface area contributed by atoms with Crippen LogP contribution in [0.15, 0.2) is 35.9 Å². The molecule has 70 valence electrons. The minimum absolute atomic E-state index is 0.667. The Labute approximate surface area is 83.4 Å². The lowest BCUT2D eigenvalue weighted by molar-refractivity contribution is 0.342. The normalized spacial score (nSPS) is 13.8. The zero-order valence-electron chi connectivity index (χ0n) is 7.86. The van der Waals surface area contributed by atoms with Crippen molar-refractivity contribution >= 4 is 0 Å². The summed E-state index contributed by atoms with van der Waals surface area (Å²) in [5.41, 5.74) is 2.04. The van der Waals surface area contributed by atoms with E-state index in [1.165, 1.54) is 12.0 Å². The van der Waals surface area contributed by atoms with Crippen LogP contribution in [0.25, 0.3) is 0 Å². The molecule has 1 aromatic carbocycles. The first-order chi connectivity index (χ1) is 6.88.